The predicted molar refractivity (Wildman–Crippen MR) is 128 cm³/mol. The zero-order valence-electron chi connectivity index (χ0n) is 16.3. The molecule has 4 aromatic rings. The highest BCUT2D eigenvalue weighted by Gasteiger charge is 2.09. The van der Waals surface area contributed by atoms with Crippen molar-refractivity contribution in [3.8, 4) is 5.75 Å². The fourth-order valence-electron chi connectivity index (χ4n) is 2.77. The molecule has 0 unspecified atom stereocenters. The van der Waals surface area contributed by atoms with E-state index in [0.717, 1.165) is 20.0 Å². The average molecular weight is 467 g/mol. The summed E-state index contributed by atoms with van der Waals surface area (Å²) in [6.07, 6.45) is 1.52. The Kier molecular flexibility index (Phi) is 7.18. The van der Waals surface area contributed by atoms with Gasteiger partial charge in [0.2, 0.25) is 0 Å². The van der Waals surface area contributed by atoms with Gasteiger partial charge in [-0.15, -0.1) is 10.2 Å². The number of carbonyl (C=O) groups is 1. The van der Waals surface area contributed by atoms with Crippen LogP contribution in [0.25, 0.3) is 10.8 Å². The summed E-state index contributed by atoms with van der Waals surface area (Å²) in [5.74, 6) is 0.979. The second-order valence-corrected chi connectivity index (χ2v) is 9.86. The van der Waals surface area contributed by atoms with Crippen LogP contribution in [0.2, 0.25) is 0 Å². The van der Waals surface area contributed by atoms with Gasteiger partial charge in [0.15, 0.2) is 8.68 Å². The van der Waals surface area contributed by atoms with Crippen molar-refractivity contribution in [2.45, 2.75) is 14.4 Å². The van der Waals surface area contributed by atoms with E-state index in [4.69, 9.17) is 0 Å². The minimum Gasteiger partial charge on any atom is -0.508 e. The van der Waals surface area contributed by atoms with Gasteiger partial charge in [-0.3, -0.25) is 4.79 Å². The van der Waals surface area contributed by atoms with Crippen LogP contribution in [0.3, 0.4) is 0 Å². The number of phenols is 1. The fraction of sp³-hybridized carbons (Fsp3) is 0.0909. The molecule has 0 fully saturated rings. The number of amides is 1. The number of aromatic hydroxyl groups is 1. The smallest absolute Gasteiger partial charge is 0.250 e. The Balaban J connectivity index is 1.25. The zero-order valence-corrected chi connectivity index (χ0v) is 18.7. The summed E-state index contributed by atoms with van der Waals surface area (Å²) in [5, 5.41) is 24.1. The lowest BCUT2D eigenvalue weighted by atomic mass is 10.1. The van der Waals surface area contributed by atoms with Gasteiger partial charge in [0, 0.05) is 5.75 Å². The fourth-order valence-corrected chi connectivity index (χ4v) is 5.59. The number of carbonyl (C=O) groups excluding carboxylic acids is 1. The summed E-state index contributed by atoms with van der Waals surface area (Å²) in [6.45, 7) is 0. The number of nitrogens with zero attached hydrogens (tertiary/aromatic N) is 3. The quantitative estimate of drug-likeness (QED) is 0.217. The number of hydrogen-bond donors (Lipinski definition) is 2. The van der Waals surface area contributed by atoms with E-state index in [-0.39, 0.29) is 17.4 Å². The number of hydrogen-bond acceptors (Lipinski definition) is 8. The number of hydrazone groups is 1. The van der Waals surface area contributed by atoms with Crippen LogP contribution in [0.15, 0.2) is 80.5 Å². The van der Waals surface area contributed by atoms with Crippen LogP contribution in [0.1, 0.15) is 11.1 Å². The Labute approximate surface area is 191 Å². The second kappa shape index (κ2) is 10.4. The summed E-state index contributed by atoms with van der Waals surface area (Å²) >= 11 is 4.46. The lowest BCUT2D eigenvalue weighted by Crippen LogP contribution is -2.19. The van der Waals surface area contributed by atoms with Crippen LogP contribution in [0.4, 0.5) is 0 Å². The molecule has 0 saturated heterocycles. The summed E-state index contributed by atoms with van der Waals surface area (Å²) in [6, 6.07) is 21.2. The molecular formula is C22H18N4O2S3. The number of nitrogens with one attached hydrogen (secondary N) is 1. The molecule has 1 heterocycles. The molecule has 0 saturated carbocycles. The Morgan fingerprint density at radius 1 is 1.00 bits per heavy atom. The van der Waals surface area contributed by atoms with Gasteiger partial charge < -0.3 is 5.11 Å². The van der Waals surface area contributed by atoms with E-state index in [0.29, 0.717) is 0 Å². The standard InChI is InChI=1S/C22H18N4O2S3/c27-18-10-8-15(9-11-18)12-23-24-20(28)14-30-22-26-25-21(31-22)29-13-17-6-3-5-16-4-1-2-7-19(16)17/h1-12,27H,13-14H2,(H,24,28)/b23-12-. The topological polar surface area (TPSA) is 87.5 Å². The maximum atomic E-state index is 12.0. The van der Waals surface area contributed by atoms with Crippen molar-refractivity contribution in [1.29, 1.82) is 0 Å². The molecule has 2 N–H and O–H groups in total. The first-order valence-electron chi connectivity index (χ1n) is 9.34. The summed E-state index contributed by atoms with van der Waals surface area (Å²) in [7, 11) is 0. The molecule has 156 valence electrons. The van der Waals surface area contributed by atoms with Crippen molar-refractivity contribution in [1.82, 2.24) is 15.6 Å². The molecule has 0 aliphatic heterocycles. The number of phenolic OH excluding ortho intramolecular Hbond substituents is 1. The van der Waals surface area contributed by atoms with Crippen molar-refractivity contribution >= 4 is 57.8 Å². The lowest BCUT2D eigenvalue weighted by molar-refractivity contribution is -0.118. The van der Waals surface area contributed by atoms with Crippen molar-refractivity contribution < 1.29 is 9.90 Å². The van der Waals surface area contributed by atoms with E-state index < -0.39 is 0 Å². The molecule has 6 nitrogen and oxygen atoms in total. The van der Waals surface area contributed by atoms with Gasteiger partial charge in [-0.05, 0) is 46.2 Å². The molecule has 0 atom stereocenters. The number of fused-ring (bicyclic) bond motifs is 1. The van der Waals surface area contributed by atoms with Gasteiger partial charge in [-0.25, -0.2) is 5.43 Å². The number of thioether (sulfide) groups is 2. The highest BCUT2D eigenvalue weighted by molar-refractivity contribution is 8.03. The first-order valence-corrected chi connectivity index (χ1v) is 12.1. The van der Waals surface area contributed by atoms with Crippen LogP contribution in [0, 0.1) is 0 Å². The predicted octanol–water partition coefficient (Wildman–Crippen LogP) is 4.93. The Morgan fingerprint density at radius 2 is 1.74 bits per heavy atom. The molecule has 0 spiro atoms. The number of benzene rings is 3. The first kappa shape index (κ1) is 21.4. The zero-order chi connectivity index (χ0) is 21.5. The third-order valence-electron chi connectivity index (χ3n) is 4.24. The Morgan fingerprint density at radius 3 is 2.58 bits per heavy atom. The maximum Gasteiger partial charge on any atom is 0.250 e. The van der Waals surface area contributed by atoms with Gasteiger partial charge in [-0.2, -0.15) is 5.10 Å². The molecule has 0 radical (unpaired) electrons. The molecule has 1 amide bonds. The SMILES string of the molecule is O=C(CSc1nnc(SCc2cccc3ccccc23)s1)N/N=C\c1ccc(O)cc1. The lowest BCUT2D eigenvalue weighted by Gasteiger charge is -2.04. The van der Waals surface area contributed by atoms with Crippen LogP contribution < -0.4 is 5.43 Å². The second-order valence-electron chi connectivity index (χ2n) is 6.43. The molecule has 0 aliphatic rings. The minimum absolute atomic E-state index is 0.185. The van der Waals surface area contributed by atoms with E-state index in [1.165, 1.54) is 45.6 Å². The van der Waals surface area contributed by atoms with Crippen LogP contribution >= 0.6 is 34.9 Å². The molecule has 3 aromatic carbocycles. The third-order valence-corrected chi connectivity index (χ3v) is 7.48. The summed E-state index contributed by atoms with van der Waals surface area (Å²) in [4.78, 5) is 12.0. The molecular weight excluding hydrogens is 448 g/mol. The van der Waals surface area contributed by atoms with Crippen LogP contribution in [-0.2, 0) is 10.5 Å². The van der Waals surface area contributed by atoms with Gasteiger partial charge in [0.1, 0.15) is 5.75 Å². The Hall–Kier alpha value is -2.88. The van der Waals surface area contributed by atoms with Gasteiger partial charge >= 0.3 is 0 Å². The summed E-state index contributed by atoms with van der Waals surface area (Å²) < 4.78 is 1.62. The largest absolute Gasteiger partial charge is 0.508 e. The monoisotopic (exact) mass is 466 g/mol. The highest BCUT2D eigenvalue weighted by atomic mass is 32.2. The number of aromatic nitrogens is 2. The average Bonchev–Trinajstić information content (AvgIpc) is 3.25. The maximum absolute atomic E-state index is 12.0. The van der Waals surface area contributed by atoms with E-state index in [9.17, 15) is 9.90 Å². The van der Waals surface area contributed by atoms with Crippen LogP contribution in [-0.4, -0.2) is 33.2 Å². The van der Waals surface area contributed by atoms with E-state index >= 15 is 0 Å². The molecule has 9 heteroatoms. The molecule has 31 heavy (non-hydrogen) atoms. The van der Waals surface area contributed by atoms with Gasteiger partial charge in [0.25, 0.3) is 5.91 Å². The van der Waals surface area contributed by atoms with Gasteiger partial charge in [0.05, 0.1) is 12.0 Å². The number of rotatable bonds is 8. The van der Waals surface area contributed by atoms with Crippen molar-refractivity contribution in [3.05, 3.63) is 77.9 Å². The normalized spacial score (nSPS) is 11.2. The molecule has 1 aromatic heterocycles. The highest BCUT2D eigenvalue weighted by Crippen LogP contribution is 2.32. The third kappa shape index (κ3) is 6.06. The van der Waals surface area contributed by atoms with Crippen molar-refractivity contribution in [3.63, 3.8) is 0 Å². The van der Waals surface area contributed by atoms with E-state index in [1.807, 2.05) is 6.07 Å². The van der Waals surface area contributed by atoms with E-state index in [2.05, 4.69) is 57.1 Å². The first-order chi connectivity index (χ1) is 15.2. The molecule has 4 rings (SSSR count). The Bertz CT molecular complexity index is 1200. The minimum atomic E-state index is -0.222. The van der Waals surface area contributed by atoms with E-state index in [1.54, 1.807) is 36.0 Å². The summed E-state index contributed by atoms with van der Waals surface area (Å²) in [5.41, 5.74) is 4.53. The molecule has 0 bridgehead atoms. The van der Waals surface area contributed by atoms with Crippen molar-refractivity contribution in [2.75, 3.05) is 5.75 Å². The van der Waals surface area contributed by atoms with Crippen molar-refractivity contribution in [2.24, 2.45) is 5.10 Å². The van der Waals surface area contributed by atoms with Gasteiger partial charge in [-0.1, -0.05) is 77.3 Å². The molecule has 0 aliphatic carbocycles. The van der Waals surface area contributed by atoms with Crippen LogP contribution in [0.5, 0.6) is 5.75 Å².